The van der Waals surface area contributed by atoms with Crippen LogP contribution < -0.4 is 10.6 Å². The molecule has 2 N–H and O–H groups in total. The van der Waals surface area contributed by atoms with Crippen LogP contribution in [0.5, 0.6) is 0 Å². The largest absolute Gasteiger partial charge is 0.363 e. The van der Waals surface area contributed by atoms with Gasteiger partial charge in [-0.1, -0.05) is 17.7 Å². The third-order valence-electron chi connectivity index (χ3n) is 2.13. The standard InChI is InChI=1S/C11H12ClN5/c1-13-11-16-7-9(12)10(17-11)15-6-8-4-2-3-5-14-8/h2-5,7H,6H2,1H3,(H2,13,15,16,17). The molecule has 17 heavy (non-hydrogen) atoms. The third-order valence-corrected chi connectivity index (χ3v) is 2.41. The zero-order chi connectivity index (χ0) is 12.1. The number of nitrogens with zero attached hydrogens (tertiary/aromatic N) is 3. The van der Waals surface area contributed by atoms with E-state index < -0.39 is 0 Å². The van der Waals surface area contributed by atoms with Gasteiger partial charge in [-0.25, -0.2) is 4.98 Å². The van der Waals surface area contributed by atoms with Crippen LogP contribution >= 0.6 is 11.6 Å². The maximum Gasteiger partial charge on any atom is 0.224 e. The highest BCUT2D eigenvalue weighted by atomic mass is 35.5. The molecule has 0 aliphatic rings. The van der Waals surface area contributed by atoms with Gasteiger partial charge in [0.05, 0.1) is 18.4 Å². The highest BCUT2D eigenvalue weighted by Gasteiger charge is 2.04. The minimum absolute atomic E-state index is 0.486. The van der Waals surface area contributed by atoms with Crippen molar-refractivity contribution < 1.29 is 0 Å². The first-order valence-corrected chi connectivity index (χ1v) is 5.51. The average molecular weight is 250 g/mol. The molecule has 2 aromatic heterocycles. The molecule has 2 rings (SSSR count). The summed E-state index contributed by atoms with van der Waals surface area (Å²) in [6.45, 7) is 0.570. The number of pyridine rings is 1. The molecule has 0 amide bonds. The van der Waals surface area contributed by atoms with E-state index in [4.69, 9.17) is 11.6 Å². The van der Waals surface area contributed by atoms with E-state index in [0.717, 1.165) is 5.69 Å². The normalized spacial score (nSPS) is 10.0. The van der Waals surface area contributed by atoms with Gasteiger partial charge in [0.25, 0.3) is 0 Å². The minimum atomic E-state index is 0.486. The van der Waals surface area contributed by atoms with E-state index in [1.54, 1.807) is 19.4 Å². The molecule has 5 nitrogen and oxygen atoms in total. The van der Waals surface area contributed by atoms with Gasteiger partial charge in [0.15, 0.2) is 5.82 Å². The topological polar surface area (TPSA) is 62.7 Å². The molecule has 2 aromatic rings. The van der Waals surface area contributed by atoms with E-state index in [-0.39, 0.29) is 0 Å². The summed E-state index contributed by atoms with van der Waals surface area (Å²) in [4.78, 5) is 12.4. The number of halogens is 1. The fourth-order valence-corrected chi connectivity index (χ4v) is 1.45. The zero-order valence-electron chi connectivity index (χ0n) is 9.31. The second-order valence-electron chi connectivity index (χ2n) is 3.31. The summed E-state index contributed by atoms with van der Waals surface area (Å²) in [5.41, 5.74) is 0.924. The van der Waals surface area contributed by atoms with Crippen molar-refractivity contribution in [2.75, 3.05) is 17.7 Å². The molecule has 88 valence electrons. The molecule has 0 unspecified atom stereocenters. The molecule has 6 heteroatoms. The molecule has 0 bridgehead atoms. The Morgan fingerprint density at radius 1 is 1.29 bits per heavy atom. The Hall–Kier alpha value is -1.88. The SMILES string of the molecule is CNc1ncc(Cl)c(NCc2ccccn2)n1. The highest BCUT2D eigenvalue weighted by Crippen LogP contribution is 2.19. The lowest BCUT2D eigenvalue weighted by atomic mass is 10.3. The van der Waals surface area contributed by atoms with Crippen LogP contribution in [0.2, 0.25) is 5.02 Å². The van der Waals surface area contributed by atoms with Crippen LogP contribution in [-0.4, -0.2) is 22.0 Å². The van der Waals surface area contributed by atoms with Gasteiger partial charge >= 0.3 is 0 Å². The van der Waals surface area contributed by atoms with E-state index in [9.17, 15) is 0 Å². The molecule has 0 aromatic carbocycles. The molecular formula is C11H12ClN5. The maximum absolute atomic E-state index is 5.98. The Balaban J connectivity index is 2.08. The number of aromatic nitrogens is 3. The van der Waals surface area contributed by atoms with E-state index in [1.807, 2.05) is 18.2 Å². The van der Waals surface area contributed by atoms with Crippen molar-refractivity contribution >= 4 is 23.4 Å². The summed E-state index contributed by atoms with van der Waals surface area (Å²) in [6, 6.07) is 5.74. The predicted octanol–water partition coefficient (Wildman–Crippen LogP) is 2.18. The summed E-state index contributed by atoms with van der Waals surface area (Å²) < 4.78 is 0. The summed E-state index contributed by atoms with van der Waals surface area (Å²) in [5, 5.41) is 6.46. The van der Waals surface area contributed by atoms with Gasteiger partial charge in [0, 0.05) is 13.2 Å². The summed E-state index contributed by atoms with van der Waals surface area (Å²) >= 11 is 5.98. The van der Waals surface area contributed by atoms with Crippen molar-refractivity contribution in [1.82, 2.24) is 15.0 Å². The molecule has 2 heterocycles. The van der Waals surface area contributed by atoms with Crippen LogP contribution in [0.1, 0.15) is 5.69 Å². The van der Waals surface area contributed by atoms with Crippen molar-refractivity contribution in [1.29, 1.82) is 0 Å². The van der Waals surface area contributed by atoms with Crippen LogP contribution in [0.25, 0.3) is 0 Å². The smallest absolute Gasteiger partial charge is 0.224 e. The quantitative estimate of drug-likeness (QED) is 0.870. The van der Waals surface area contributed by atoms with Gasteiger partial charge in [-0.15, -0.1) is 0 Å². The molecule has 0 saturated carbocycles. The zero-order valence-corrected chi connectivity index (χ0v) is 10.1. The Bertz CT molecular complexity index is 488. The van der Waals surface area contributed by atoms with Gasteiger partial charge in [-0.3, -0.25) is 4.98 Å². The fourth-order valence-electron chi connectivity index (χ4n) is 1.29. The van der Waals surface area contributed by atoms with Crippen LogP contribution in [0.15, 0.2) is 30.6 Å². The summed E-state index contributed by atoms with van der Waals surface area (Å²) in [7, 11) is 1.76. The maximum atomic E-state index is 5.98. The highest BCUT2D eigenvalue weighted by molar-refractivity contribution is 6.32. The number of rotatable bonds is 4. The monoisotopic (exact) mass is 249 g/mol. The Labute approximate surface area is 104 Å². The first-order chi connectivity index (χ1) is 8.29. The first kappa shape index (κ1) is 11.6. The Morgan fingerprint density at radius 3 is 2.88 bits per heavy atom. The molecular weight excluding hydrogens is 238 g/mol. The van der Waals surface area contributed by atoms with E-state index in [2.05, 4.69) is 25.6 Å². The van der Waals surface area contributed by atoms with Crippen LogP contribution in [0, 0.1) is 0 Å². The van der Waals surface area contributed by atoms with Crippen LogP contribution in [0.4, 0.5) is 11.8 Å². The first-order valence-electron chi connectivity index (χ1n) is 5.13. The van der Waals surface area contributed by atoms with Crippen LogP contribution in [-0.2, 0) is 6.54 Å². The van der Waals surface area contributed by atoms with Gasteiger partial charge in [-0.05, 0) is 12.1 Å². The van der Waals surface area contributed by atoms with E-state index in [1.165, 1.54) is 0 Å². The molecule has 0 fully saturated rings. The van der Waals surface area contributed by atoms with Gasteiger partial charge in [0.2, 0.25) is 5.95 Å². The van der Waals surface area contributed by atoms with Gasteiger partial charge < -0.3 is 10.6 Å². The van der Waals surface area contributed by atoms with Crippen molar-refractivity contribution in [3.8, 4) is 0 Å². The molecule has 0 aliphatic heterocycles. The number of nitrogens with one attached hydrogen (secondary N) is 2. The number of hydrogen-bond acceptors (Lipinski definition) is 5. The van der Waals surface area contributed by atoms with E-state index >= 15 is 0 Å². The molecule has 0 atom stereocenters. The van der Waals surface area contributed by atoms with E-state index in [0.29, 0.717) is 23.3 Å². The van der Waals surface area contributed by atoms with Crippen molar-refractivity contribution in [3.63, 3.8) is 0 Å². The Morgan fingerprint density at radius 2 is 2.18 bits per heavy atom. The molecule has 0 aliphatic carbocycles. The van der Waals surface area contributed by atoms with Crippen molar-refractivity contribution in [2.45, 2.75) is 6.54 Å². The number of anilines is 2. The Kier molecular flexibility index (Phi) is 3.72. The second kappa shape index (κ2) is 5.45. The molecule has 0 spiro atoms. The second-order valence-corrected chi connectivity index (χ2v) is 3.72. The molecule has 0 radical (unpaired) electrons. The lowest BCUT2D eigenvalue weighted by molar-refractivity contribution is 1.02. The fraction of sp³-hybridized carbons (Fsp3) is 0.182. The van der Waals surface area contributed by atoms with Crippen LogP contribution in [0.3, 0.4) is 0 Å². The number of hydrogen-bond donors (Lipinski definition) is 2. The lowest BCUT2D eigenvalue weighted by Crippen LogP contribution is -2.05. The summed E-state index contributed by atoms with van der Waals surface area (Å²) in [6.07, 6.45) is 3.30. The lowest BCUT2D eigenvalue weighted by Gasteiger charge is -2.07. The summed E-state index contributed by atoms with van der Waals surface area (Å²) in [5.74, 6) is 1.12. The van der Waals surface area contributed by atoms with Gasteiger partial charge in [-0.2, -0.15) is 4.98 Å². The molecule has 0 saturated heterocycles. The van der Waals surface area contributed by atoms with Crippen molar-refractivity contribution in [2.24, 2.45) is 0 Å². The van der Waals surface area contributed by atoms with Crippen molar-refractivity contribution in [3.05, 3.63) is 41.3 Å². The van der Waals surface area contributed by atoms with Gasteiger partial charge in [0.1, 0.15) is 5.02 Å². The average Bonchev–Trinajstić information content (AvgIpc) is 2.39. The third kappa shape index (κ3) is 3.04. The minimum Gasteiger partial charge on any atom is -0.363 e. The predicted molar refractivity (Wildman–Crippen MR) is 68.2 cm³/mol.